The van der Waals surface area contributed by atoms with Gasteiger partial charge in [0, 0.05) is 61.9 Å². The summed E-state index contributed by atoms with van der Waals surface area (Å²) in [6.07, 6.45) is 6.96. The number of carbonyl (C=O) groups is 1. The minimum absolute atomic E-state index is 0.219. The maximum absolute atomic E-state index is 10.9. The molecule has 1 fully saturated rings. The highest BCUT2D eigenvalue weighted by atomic mass is 16.1. The van der Waals surface area contributed by atoms with Crippen molar-refractivity contribution < 1.29 is 4.79 Å². The molecule has 0 atom stereocenters. The Balaban J connectivity index is 1.24. The van der Waals surface area contributed by atoms with Gasteiger partial charge in [-0.25, -0.2) is 9.97 Å². The molecule has 5 rings (SSSR count). The van der Waals surface area contributed by atoms with Crippen molar-refractivity contribution in [1.29, 1.82) is 0 Å². The average molecular weight is 470 g/mol. The van der Waals surface area contributed by atoms with E-state index < -0.39 is 0 Å². The van der Waals surface area contributed by atoms with Crippen LogP contribution >= 0.6 is 0 Å². The number of imidazole rings is 1. The van der Waals surface area contributed by atoms with Crippen LogP contribution in [0.15, 0.2) is 67.1 Å². The number of rotatable bonds is 8. The number of aromatic nitrogens is 3. The maximum atomic E-state index is 10.9. The second-order valence-electron chi connectivity index (χ2n) is 9.05. The van der Waals surface area contributed by atoms with E-state index in [2.05, 4.69) is 80.0 Å². The molecule has 2 aromatic heterocycles. The predicted octanol–water partition coefficient (Wildman–Crippen LogP) is 3.84. The van der Waals surface area contributed by atoms with Crippen molar-refractivity contribution in [3.63, 3.8) is 0 Å². The van der Waals surface area contributed by atoms with Crippen LogP contribution in [-0.2, 0) is 4.79 Å². The molecule has 8 heteroatoms. The number of anilines is 3. The Morgan fingerprint density at radius 3 is 2.60 bits per heavy atom. The minimum atomic E-state index is -0.219. The highest BCUT2D eigenvalue weighted by Crippen LogP contribution is 2.27. The van der Waals surface area contributed by atoms with E-state index in [1.54, 1.807) is 6.20 Å². The number of aryl methyl sites for hydroxylation is 1. The Hall–Kier alpha value is -3.91. The van der Waals surface area contributed by atoms with Gasteiger partial charge in [0.2, 0.25) is 5.91 Å². The van der Waals surface area contributed by atoms with Crippen molar-refractivity contribution in [3.05, 3.63) is 72.7 Å². The van der Waals surface area contributed by atoms with E-state index in [9.17, 15) is 4.79 Å². The largest absolute Gasteiger partial charge is 0.370 e. The first-order valence-electron chi connectivity index (χ1n) is 12.1. The van der Waals surface area contributed by atoms with E-state index in [-0.39, 0.29) is 5.91 Å². The molecular formula is C27H31N7O. The number of benzene rings is 2. The zero-order valence-electron chi connectivity index (χ0n) is 20.0. The first-order chi connectivity index (χ1) is 17.1. The molecule has 35 heavy (non-hydrogen) atoms. The van der Waals surface area contributed by atoms with E-state index >= 15 is 0 Å². The number of hydrogen-bond donors (Lipinski definition) is 2. The van der Waals surface area contributed by atoms with E-state index in [0.717, 1.165) is 67.6 Å². The van der Waals surface area contributed by atoms with Crippen LogP contribution in [0.1, 0.15) is 18.4 Å². The highest BCUT2D eigenvalue weighted by Gasteiger charge is 2.17. The van der Waals surface area contributed by atoms with Gasteiger partial charge >= 0.3 is 0 Å². The van der Waals surface area contributed by atoms with Crippen molar-refractivity contribution in [1.82, 2.24) is 19.3 Å². The fourth-order valence-electron chi connectivity index (χ4n) is 4.62. The maximum Gasteiger partial charge on any atom is 0.217 e. The Labute approximate surface area is 205 Å². The third-order valence-corrected chi connectivity index (χ3v) is 6.51. The summed E-state index contributed by atoms with van der Waals surface area (Å²) in [4.78, 5) is 25.0. The Bertz CT molecular complexity index is 1310. The van der Waals surface area contributed by atoms with Gasteiger partial charge < -0.3 is 16.0 Å². The number of primary amides is 1. The second-order valence-corrected chi connectivity index (χ2v) is 9.05. The number of nitrogens with one attached hydrogen (secondary N) is 1. The summed E-state index contributed by atoms with van der Waals surface area (Å²) in [7, 11) is 0. The normalized spacial score (nSPS) is 14.4. The molecule has 0 aliphatic carbocycles. The van der Waals surface area contributed by atoms with Gasteiger partial charge in [-0.05, 0) is 50.2 Å². The van der Waals surface area contributed by atoms with Gasteiger partial charge in [0.25, 0.3) is 0 Å². The fraction of sp³-hybridized carbons (Fsp3) is 0.296. The second kappa shape index (κ2) is 10.1. The molecule has 1 aliphatic rings. The summed E-state index contributed by atoms with van der Waals surface area (Å²) >= 11 is 0. The smallest absolute Gasteiger partial charge is 0.217 e. The van der Waals surface area contributed by atoms with Crippen LogP contribution in [0.4, 0.5) is 17.2 Å². The lowest BCUT2D eigenvalue weighted by molar-refractivity contribution is -0.118. The molecule has 0 bridgehead atoms. The summed E-state index contributed by atoms with van der Waals surface area (Å²) in [5, 5.41) is 3.43. The molecule has 0 spiro atoms. The zero-order valence-corrected chi connectivity index (χ0v) is 20.0. The molecule has 4 aromatic rings. The first-order valence-corrected chi connectivity index (χ1v) is 12.1. The van der Waals surface area contributed by atoms with Crippen molar-refractivity contribution in [3.8, 4) is 11.3 Å². The summed E-state index contributed by atoms with van der Waals surface area (Å²) in [5.41, 5.74) is 11.6. The summed E-state index contributed by atoms with van der Waals surface area (Å²) < 4.78 is 2.07. The summed E-state index contributed by atoms with van der Waals surface area (Å²) in [6.45, 7) is 6.95. The van der Waals surface area contributed by atoms with Gasteiger partial charge in [-0.3, -0.25) is 14.1 Å². The van der Waals surface area contributed by atoms with Crippen LogP contribution in [-0.4, -0.2) is 57.9 Å². The first kappa shape index (κ1) is 22.9. The predicted molar refractivity (Wildman–Crippen MR) is 140 cm³/mol. The Morgan fingerprint density at radius 1 is 1.06 bits per heavy atom. The third kappa shape index (κ3) is 5.27. The molecule has 0 unspecified atom stereocenters. The quantitative estimate of drug-likeness (QED) is 0.407. The molecule has 180 valence electrons. The number of amides is 1. The Kier molecular flexibility index (Phi) is 6.63. The van der Waals surface area contributed by atoms with Crippen LogP contribution in [0.2, 0.25) is 0 Å². The lowest BCUT2D eigenvalue weighted by atomic mass is 10.1. The number of fused-ring (bicyclic) bond motifs is 1. The molecular weight excluding hydrogens is 438 g/mol. The number of nitrogens with two attached hydrogens (primary N) is 1. The van der Waals surface area contributed by atoms with E-state index in [1.807, 2.05) is 12.4 Å². The summed E-state index contributed by atoms with van der Waals surface area (Å²) in [5.74, 6) is 0.506. The summed E-state index contributed by atoms with van der Waals surface area (Å²) in [6, 6.07) is 16.9. The van der Waals surface area contributed by atoms with Crippen LogP contribution < -0.4 is 16.0 Å². The van der Waals surface area contributed by atoms with Crippen LogP contribution in [0.25, 0.3) is 16.9 Å². The van der Waals surface area contributed by atoms with Gasteiger partial charge in [-0.2, -0.15) is 0 Å². The highest BCUT2D eigenvalue weighted by molar-refractivity contribution is 5.75. The molecule has 8 nitrogen and oxygen atoms in total. The van der Waals surface area contributed by atoms with Gasteiger partial charge in [-0.15, -0.1) is 0 Å². The topological polar surface area (TPSA) is 91.8 Å². The number of hydrogen-bond acceptors (Lipinski definition) is 6. The molecule has 0 radical (unpaired) electrons. The Morgan fingerprint density at radius 2 is 1.86 bits per heavy atom. The van der Waals surface area contributed by atoms with E-state index in [4.69, 9.17) is 10.7 Å². The van der Waals surface area contributed by atoms with Gasteiger partial charge in [-0.1, -0.05) is 23.8 Å². The van der Waals surface area contributed by atoms with Crippen LogP contribution in [0, 0.1) is 6.92 Å². The fourth-order valence-corrected chi connectivity index (χ4v) is 4.62. The zero-order chi connectivity index (χ0) is 24.2. The minimum Gasteiger partial charge on any atom is -0.370 e. The lowest BCUT2D eigenvalue weighted by Gasteiger charge is -2.36. The van der Waals surface area contributed by atoms with Gasteiger partial charge in [0.05, 0.1) is 11.9 Å². The molecule has 3 heterocycles. The van der Waals surface area contributed by atoms with Gasteiger partial charge in [0.15, 0.2) is 11.5 Å². The van der Waals surface area contributed by atoms with Crippen LogP contribution in [0.3, 0.4) is 0 Å². The molecule has 1 amide bonds. The lowest BCUT2D eigenvalue weighted by Crippen LogP contribution is -2.46. The molecule has 1 aliphatic heterocycles. The van der Waals surface area contributed by atoms with Crippen molar-refractivity contribution in [2.75, 3.05) is 42.9 Å². The molecule has 0 saturated carbocycles. The van der Waals surface area contributed by atoms with E-state index in [0.29, 0.717) is 6.42 Å². The van der Waals surface area contributed by atoms with E-state index in [1.165, 1.54) is 11.3 Å². The number of piperazine rings is 1. The molecule has 3 N–H and O–H groups in total. The van der Waals surface area contributed by atoms with Crippen molar-refractivity contribution in [2.45, 2.75) is 19.8 Å². The van der Waals surface area contributed by atoms with Crippen molar-refractivity contribution in [2.24, 2.45) is 5.73 Å². The van der Waals surface area contributed by atoms with Crippen LogP contribution in [0.5, 0.6) is 0 Å². The number of carbonyl (C=O) groups excluding carboxylic acids is 1. The molecule has 2 aromatic carbocycles. The monoisotopic (exact) mass is 469 g/mol. The third-order valence-electron chi connectivity index (χ3n) is 6.51. The SMILES string of the molecule is Cc1cccc(-c2cnc(Nc3ccc(N4CCN(CCCC(N)=O)CC4)cc3)c3nccn23)c1. The van der Waals surface area contributed by atoms with Gasteiger partial charge in [0.1, 0.15) is 0 Å². The number of nitrogens with zero attached hydrogens (tertiary/aromatic N) is 5. The average Bonchev–Trinajstić information content (AvgIpc) is 3.36. The standard InChI is InChI=1S/C27H31N7O/c1-20-4-2-5-21(18-20)24-19-30-26(27-29-11-13-34(24)27)31-22-7-9-23(10-8-22)33-16-14-32(15-17-33)12-3-6-25(28)35/h2,4-5,7-11,13,18-19H,3,6,12,14-17H2,1H3,(H2,28,35)(H,30,31). The molecule has 1 saturated heterocycles. The van der Waals surface area contributed by atoms with Crippen molar-refractivity contribution >= 4 is 28.7 Å².